The summed E-state index contributed by atoms with van der Waals surface area (Å²) in [5, 5.41) is 0. The smallest absolute Gasteiger partial charge is 0.340 e. The van der Waals surface area contributed by atoms with Crippen LogP contribution >= 0.6 is 0 Å². The zero-order chi connectivity index (χ0) is 29.8. The van der Waals surface area contributed by atoms with Gasteiger partial charge in [-0.15, -0.1) is 0 Å². The molecule has 0 saturated heterocycles. The van der Waals surface area contributed by atoms with E-state index in [2.05, 4.69) is 55.5 Å². The summed E-state index contributed by atoms with van der Waals surface area (Å²) in [6.45, 7) is 5.08. The van der Waals surface area contributed by atoms with E-state index in [-0.39, 0.29) is 12.5 Å². The van der Waals surface area contributed by atoms with Crippen molar-refractivity contribution in [3.63, 3.8) is 0 Å². The molecule has 0 N–H and O–H groups in total. The van der Waals surface area contributed by atoms with Crippen molar-refractivity contribution in [2.45, 2.75) is 148 Å². The van der Waals surface area contributed by atoms with E-state index in [1.807, 2.05) is 6.92 Å². The van der Waals surface area contributed by atoms with Crippen LogP contribution < -0.4 is 4.74 Å². The van der Waals surface area contributed by atoms with Gasteiger partial charge >= 0.3 is 5.97 Å². The Bertz CT molecular complexity index is 963. The molecule has 0 spiro atoms. The van der Waals surface area contributed by atoms with Gasteiger partial charge in [0, 0.05) is 0 Å². The molecule has 0 amide bonds. The number of rotatable bonds is 21. The van der Waals surface area contributed by atoms with Crippen molar-refractivity contribution in [3.05, 3.63) is 54.1 Å². The molecule has 4 heteroatoms. The molecule has 3 rings (SSSR count). The first kappa shape index (κ1) is 34.1. The maximum atomic E-state index is 13.9. The van der Waals surface area contributed by atoms with Crippen LogP contribution in [0.25, 0.3) is 11.1 Å². The fourth-order valence-corrected chi connectivity index (χ4v) is 6.04. The standard InChI is InChI=1S/C38H57FO3/c1-3-5-7-8-9-10-11-12-13-14-30-41-35-28-24-34(25-29-35)33-22-18-31(19-23-33)16-17-32-20-26-36(27-21-32)42-38(40)37(39)15-6-4-2/h18-19,22-25,28-29,32,36-37H,3-17,20-21,26-27,30H2,1-2H3/t32-,36-,37-/m0/s1. The molecule has 3 nitrogen and oxygen atoms in total. The van der Waals surface area contributed by atoms with Gasteiger partial charge < -0.3 is 9.47 Å². The third-order valence-electron chi connectivity index (χ3n) is 8.89. The highest BCUT2D eigenvalue weighted by Gasteiger charge is 2.27. The number of carbonyl (C=O) groups excluding carboxylic acids is 1. The van der Waals surface area contributed by atoms with Crippen LogP contribution in [0.4, 0.5) is 4.39 Å². The molecule has 0 radical (unpaired) electrons. The van der Waals surface area contributed by atoms with Crippen molar-refractivity contribution in [3.8, 4) is 16.9 Å². The van der Waals surface area contributed by atoms with Gasteiger partial charge in [0.1, 0.15) is 11.9 Å². The molecule has 0 bridgehead atoms. The van der Waals surface area contributed by atoms with Crippen LogP contribution in [0.5, 0.6) is 5.75 Å². The van der Waals surface area contributed by atoms with E-state index >= 15 is 0 Å². The molecule has 1 aliphatic rings. The van der Waals surface area contributed by atoms with Gasteiger partial charge in [0.15, 0.2) is 6.17 Å². The maximum Gasteiger partial charge on any atom is 0.340 e. The molecule has 0 unspecified atom stereocenters. The van der Waals surface area contributed by atoms with E-state index < -0.39 is 12.1 Å². The third-order valence-corrected chi connectivity index (χ3v) is 8.89. The quantitative estimate of drug-likeness (QED) is 0.109. The molecule has 1 atom stereocenters. The fraction of sp³-hybridized carbons (Fsp3) is 0.658. The van der Waals surface area contributed by atoms with Gasteiger partial charge in [-0.05, 0) is 86.1 Å². The molecule has 0 aliphatic heterocycles. The van der Waals surface area contributed by atoms with E-state index in [9.17, 15) is 9.18 Å². The monoisotopic (exact) mass is 580 g/mol. The van der Waals surface area contributed by atoms with Gasteiger partial charge in [-0.25, -0.2) is 9.18 Å². The van der Waals surface area contributed by atoms with Crippen LogP contribution in [0, 0.1) is 5.92 Å². The molecule has 42 heavy (non-hydrogen) atoms. The van der Waals surface area contributed by atoms with Crippen molar-refractivity contribution >= 4 is 5.97 Å². The Morgan fingerprint density at radius 3 is 1.88 bits per heavy atom. The number of benzene rings is 2. The second-order valence-corrected chi connectivity index (χ2v) is 12.5. The van der Waals surface area contributed by atoms with E-state index in [0.29, 0.717) is 5.92 Å². The molecule has 1 aliphatic carbocycles. The minimum Gasteiger partial charge on any atom is -0.494 e. The molecular weight excluding hydrogens is 523 g/mol. The number of esters is 1. The topological polar surface area (TPSA) is 35.5 Å². The second kappa shape index (κ2) is 20.5. The zero-order valence-corrected chi connectivity index (χ0v) is 26.6. The average molecular weight is 581 g/mol. The van der Waals surface area contributed by atoms with Crippen LogP contribution in [-0.4, -0.2) is 24.9 Å². The van der Waals surface area contributed by atoms with E-state index in [4.69, 9.17) is 9.47 Å². The highest BCUT2D eigenvalue weighted by Crippen LogP contribution is 2.31. The summed E-state index contributed by atoms with van der Waals surface area (Å²) in [6.07, 6.45) is 19.7. The normalized spacial score (nSPS) is 17.6. The average Bonchev–Trinajstić information content (AvgIpc) is 3.02. The largest absolute Gasteiger partial charge is 0.494 e. The van der Waals surface area contributed by atoms with E-state index in [0.717, 1.165) is 70.1 Å². The first-order valence-electron chi connectivity index (χ1n) is 17.3. The summed E-state index contributed by atoms with van der Waals surface area (Å²) in [5.74, 6) is 0.948. The van der Waals surface area contributed by atoms with Crippen LogP contribution in [-0.2, 0) is 16.0 Å². The summed E-state index contributed by atoms with van der Waals surface area (Å²) in [5.41, 5.74) is 3.80. The predicted molar refractivity (Wildman–Crippen MR) is 174 cm³/mol. The summed E-state index contributed by atoms with van der Waals surface area (Å²) in [4.78, 5) is 12.0. The van der Waals surface area contributed by atoms with Crippen molar-refractivity contribution < 1.29 is 18.7 Å². The molecule has 2 aromatic carbocycles. The minimum atomic E-state index is -1.46. The Morgan fingerprint density at radius 1 is 0.738 bits per heavy atom. The number of hydrogen-bond donors (Lipinski definition) is 0. The van der Waals surface area contributed by atoms with Crippen LogP contribution in [0.1, 0.15) is 135 Å². The number of unbranched alkanes of at least 4 members (excludes halogenated alkanes) is 10. The molecule has 0 heterocycles. The molecule has 1 fully saturated rings. The van der Waals surface area contributed by atoms with Crippen molar-refractivity contribution in [2.75, 3.05) is 6.61 Å². The van der Waals surface area contributed by atoms with Gasteiger partial charge in [0.2, 0.25) is 0 Å². The Balaban J connectivity index is 1.27. The number of halogens is 1. The van der Waals surface area contributed by atoms with Gasteiger partial charge in [0.05, 0.1) is 6.61 Å². The Hall–Kier alpha value is -2.36. The van der Waals surface area contributed by atoms with Crippen LogP contribution in [0.2, 0.25) is 0 Å². The number of carbonyl (C=O) groups is 1. The maximum absolute atomic E-state index is 13.9. The fourth-order valence-electron chi connectivity index (χ4n) is 6.04. The van der Waals surface area contributed by atoms with E-state index in [1.165, 1.54) is 74.5 Å². The highest BCUT2D eigenvalue weighted by molar-refractivity contribution is 5.74. The van der Waals surface area contributed by atoms with Crippen molar-refractivity contribution in [1.29, 1.82) is 0 Å². The number of aryl methyl sites for hydroxylation is 1. The number of alkyl halides is 1. The van der Waals surface area contributed by atoms with Gasteiger partial charge in [-0.2, -0.15) is 0 Å². The van der Waals surface area contributed by atoms with E-state index in [1.54, 1.807) is 0 Å². The molecule has 1 saturated carbocycles. The molecule has 2 aromatic rings. The van der Waals surface area contributed by atoms with Crippen LogP contribution in [0.15, 0.2) is 48.5 Å². The predicted octanol–water partition coefficient (Wildman–Crippen LogP) is 11.2. The summed E-state index contributed by atoms with van der Waals surface area (Å²) < 4.78 is 25.4. The Kier molecular flexibility index (Phi) is 16.7. The highest BCUT2D eigenvalue weighted by atomic mass is 19.1. The SMILES string of the molecule is CCCCCCCCCCCCOc1ccc(-c2ccc(CC[C@H]3CC[C@H](OC(=O)[C@@H](F)CCCC)CC3)cc2)cc1. The molecular formula is C38H57FO3. The lowest BCUT2D eigenvalue weighted by Crippen LogP contribution is -2.29. The Labute approximate surface area is 256 Å². The Morgan fingerprint density at radius 2 is 1.29 bits per heavy atom. The lowest BCUT2D eigenvalue weighted by molar-refractivity contribution is -0.157. The van der Waals surface area contributed by atoms with Gasteiger partial charge in [-0.1, -0.05) is 121 Å². The lowest BCUT2D eigenvalue weighted by Gasteiger charge is -2.28. The van der Waals surface area contributed by atoms with Gasteiger partial charge in [0.25, 0.3) is 0 Å². The van der Waals surface area contributed by atoms with Crippen LogP contribution in [0.3, 0.4) is 0 Å². The van der Waals surface area contributed by atoms with Gasteiger partial charge in [-0.3, -0.25) is 0 Å². The second-order valence-electron chi connectivity index (χ2n) is 12.5. The number of hydrogen-bond acceptors (Lipinski definition) is 3. The molecule has 234 valence electrons. The third kappa shape index (κ3) is 13.3. The zero-order valence-electron chi connectivity index (χ0n) is 26.6. The minimum absolute atomic E-state index is 0.107. The summed E-state index contributed by atoms with van der Waals surface area (Å²) in [6, 6.07) is 17.4. The summed E-state index contributed by atoms with van der Waals surface area (Å²) >= 11 is 0. The molecule has 0 aromatic heterocycles. The van der Waals surface area contributed by atoms with Crippen molar-refractivity contribution in [1.82, 2.24) is 0 Å². The summed E-state index contributed by atoms with van der Waals surface area (Å²) in [7, 11) is 0. The first-order valence-corrected chi connectivity index (χ1v) is 17.3. The lowest BCUT2D eigenvalue weighted by atomic mass is 9.83. The first-order chi connectivity index (χ1) is 20.6. The number of ether oxygens (including phenoxy) is 2. The van der Waals surface area contributed by atoms with Crippen molar-refractivity contribution in [2.24, 2.45) is 5.92 Å².